The summed E-state index contributed by atoms with van der Waals surface area (Å²) >= 11 is 6.18. The minimum atomic E-state index is -0.559. The highest BCUT2D eigenvalue weighted by atomic mass is 35.5. The normalized spacial score (nSPS) is 11.0. The van der Waals surface area contributed by atoms with E-state index in [1.54, 1.807) is 19.1 Å². The number of H-pyrrole nitrogens is 2. The summed E-state index contributed by atoms with van der Waals surface area (Å²) in [5.74, 6) is 0.637. The number of hydrogen-bond acceptors (Lipinski definition) is 5. The zero-order valence-electron chi connectivity index (χ0n) is 14.1. The van der Waals surface area contributed by atoms with Gasteiger partial charge in [0.15, 0.2) is 0 Å². The Hall–Kier alpha value is -2.54. The number of aromatic amines is 2. The van der Waals surface area contributed by atoms with Crippen molar-refractivity contribution in [2.45, 2.75) is 33.3 Å². The summed E-state index contributed by atoms with van der Waals surface area (Å²) in [5, 5.41) is 4.27. The second kappa shape index (κ2) is 9.08. The maximum atomic E-state index is 11.7. The summed E-state index contributed by atoms with van der Waals surface area (Å²) < 4.78 is 5.58. The van der Waals surface area contributed by atoms with Crippen LogP contribution in [0.15, 0.2) is 32.9 Å². The number of nitrogens with one attached hydrogen (secondary N) is 2. The Bertz CT molecular complexity index is 858. The Kier molecular flexibility index (Phi) is 6.82. The Morgan fingerprint density at radius 3 is 2.76 bits per heavy atom. The highest BCUT2D eigenvalue weighted by molar-refractivity contribution is 6.32. The third kappa shape index (κ3) is 5.49. The minimum Gasteiger partial charge on any atom is -0.492 e. The van der Waals surface area contributed by atoms with Crippen LogP contribution in [0.25, 0.3) is 0 Å². The lowest BCUT2D eigenvalue weighted by Gasteiger charge is -2.08. The molecule has 7 nitrogen and oxygen atoms in total. The first-order chi connectivity index (χ1) is 12.0. The van der Waals surface area contributed by atoms with Crippen molar-refractivity contribution in [3.05, 3.63) is 60.9 Å². The van der Waals surface area contributed by atoms with Gasteiger partial charge in [-0.3, -0.25) is 9.78 Å². The third-order valence-electron chi connectivity index (χ3n) is 3.42. The fraction of sp³-hybridized carbons (Fsp3) is 0.353. The van der Waals surface area contributed by atoms with Gasteiger partial charge < -0.3 is 14.6 Å². The van der Waals surface area contributed by atoms with Gasteiger partial charge in [-0.25, -0.2) is 4.79 Å². The molecule has 0 saturated carbocycles. The maximum absolute atomic E-state index is 11.7. The Balaban J connectivity index is 1.95. The number of aromatic nitrogens is 2. The molecular weight excluding hydrogens is 346 g/mol. The van der Waals surface area contributed by atoms with E-state index in [1.807, 2.05) is 6.07 Å². The topological polar surface area (TPSA) is 96.5 Å². The van der Waals surface area contributed by atoms with Gasteiger partial charge in [0.25, 0.3) is 5.56 Å². The first-order valence-electron chi connectivity index (χ1n) is 7.91. The summed E-state index contributed by atoms with van der Waals surface area (Å²) in [6.45, 7) is 4.51. The molecule has 1 aromatic carbocycles. The van der Waals surface area contributed by atoms with E-state index >= 15 is 0 Å². The molecule has 2 N–H and O–H groups in total. The summed E-state index contributed by atoms with van der Waals surface area (Å²) in [5.41, 5.74) is 0.383. The fourth-order valence-electron chi connectivity index (χ4n) is 2.04. The average molecular weight is 366 g/mol. The molecule has 0 aliphatic rings. The van der Waals surface area contributed by atoms with E-state index in [9.17, 15) is 9.59 Å². The van der Waals surface area contributed by atoms with Crippen LogP contribution < -0.4 is 16.0 Å². The van der Waals surface area contributed by atoms with Crippen LogP contribution >= 0.6 is 11.6 Å². The van der Waals surface area contributed by atoms with Crippen molar-refractivity contribution in [2.24, 2.45) is 5.16 Å². The van der Waals surface area contributed by atoms with Gasteiger partial charge in [0, 0.05) is 5.69 Å². The SMILES string of the molecule is CCCCOc1ccc(CO/N=C\c2c(C)[nH]c(=O)[nH]c2=O)cc1Cl. The first kappa shape index (κ1) is 18.8. The number of nitrogens with zero attached hydrogens (tertiary/aromatic N) is 1. The number of aryl methyl sites for hydroxylation is 1. The number of oxime groups is 1. The fourth-order valence-corrected chi connectivity index (χ4v) is 2.30. The standard InChI is InChI=1S/C17H20ClN3O4/c1-3-4-7-24-15-6-5-12(8-14(15)18)10-25-19-9-13-11(2)20-17(23)21-16(13)22/h5-6,8-9H,3-4,7,10H2,1-2H3,(H2,20,21,22,23)/b19-9-. The average Bonchev–Trinajstić information content (AvgIpc) is 2.55. The van der Waals surface area contributed by atoms with Crippen LogP contribution in [0.4, 0.5) is 0 Å². The van der Waals surface area contributed by atoms with Gasteiger partial charge in [-0.2, -0.15) is 0 Å². The summed E-state index contributed by atoms with van der Waals surface area (Å²) in [4.78, 5) is 32.6. The van der Waals surface area contributed by atoms with E-state index in [0.717, 1.165) is 18.4 Å². The molecule has 0 aliphatic carbocycles. The van der Waals surface area contributed by atoms with Gasteiger partial charge in [0.05, 0.1) is 23.4 Å². The van der Waals surface area contributed by atoms with Gasteiger partial charge in [-0.1, -0.05) is 36.2 Å². The number of ether oxygens (including phenoxy) is 1. The largest absolute Gasteiger partial charge is 0.492 e. The van der Waals surface area contributed by atoms with Gasteiger partial charge in [0.1, 0.15) is 12.4 Å². The second-order valence-corrected chi connectivity index (χ2v) is 5.83. The smallest absolute Gasteiger partial charge is 0.325 e. The van der Waals surface area contributed by atoms with Crippen molar-refractivity contribution in [1.29, 1.82) is 0 Å². The van der Waals surface area contributed by atoms with Gasteiger partial charge in [-0.05, 0) is 31.0 Å². The Morgan fingerprint density at radius 1 is 1.28 bits per heavy atom. The summed E-state index contributed by atoms with van der Waals surface area (Å²) in [6, 6.07) is 5.37. The second-order valence-electron chi connectivity index (χ2n) is 5.42. The maximum Gasteiger partial charge on any atom is 0.325 e. The molecule has 8 heteroatoms. The molecule has 25 heavy (non-hydrogen) atoms. The lowest BCUT2D eigenvalue weighted by Crippen LogP contribution is -2.26. The van der Waals surface area contributed by atoms with Gasteiger partial charge in [-0.15, -0.1) is 0 Å². The third-order valence-corrected chi connectivity index (χ3v) is 3.71. The van der Waals surface area contributed by atoms with Crippen molar-refractivity contribution in [1.82, 2.24) is 9.97 Å². The molecule has 0 aliphatic heterocycles. The van der Waals surface area contributed by atoms with Crippen LogP contribution in [0.1, 0.15) is 36.6 Å². The number of rotatable bonds is 8. The summed E-state index contributed by atoms with van der Waals surface area (Å²) in [6.07, 6.45) is 3.28. The first-order valence-corrected chi connectivity index (χ1v) is 8.28. The molecule has 0 fully saturated rings. The van der Waals surface area contributed by atoms with Crippen LogP contribution in [-0.2, 0) is 11.4 Å². The molecule has 1 aromatic heterocycles. The molecule has 2 rings (SSSR count). The van der Waals surface area contributed by atoms with E-state index in [4.69, 9.17) is 21.2 Å². The van der Waals surface area contributed by atoms with Crippen molar-refractivity contribution < 1.29 is 9.57 Å². The van der Waals surface area contributed by atoms with Gasteiger partial charge >= 0.3 is 5.69 Å². The summed E-state index contributed by atoms with van der Waals surface area (Å²) in [7, 11) is 0. The molecule has 134 valence electrons. The molecule has 0 radical (unpaired) electrons. The predicted molar refractivity (Wildman–Crippen MR) is 96.7 cm³/mol. The van der Waals surface area contributed by atoms with Crippen LogP contribution in [0.3, 0.4) is 0 Å². The van der Waals surface area contributed by atoms with E-state index in [2.05, 4.69) is 22.0 Å². The van der Waals surface area contributed by atoms with Crippen molar-refractivity contribution in [3.8, 4) is 5.75 Å². The molecular formula is C17H20ClN3O4. The predicted octanol–water partition coefficient (Wildman–Crippen LogP) is 2.75. The number of hydrogen-bond donors (Lipinski definition) is 2. The van der Waals surface area contributed by atoms with E-state index in [1.165, 1.54) is 6.21 Å². The zero-order chi connectivity index (χ0) is 18.2. The quantitative estimate of drug-likeness (QED) is 0.427. The number of benzene rings is 1. The van der Waals surface area contributed by atoms with Crippen LogP contribution in [-0.4, -0.2) is 22.8 Å². The molecule has 0 unspecified atom stereocenters. The molecule has 1 heterocycles. The highest BCUT2D eigenvalue weighted by Gasteiger charge is 2.05. The molecule has 0 atom stereocenters. The van der Waals surface area contributed by atoms with Crippen molar-refractivity contribution >= 4 is 17.8 Å². The van der Waals surface area contributed by atoms with Crippen molar-refractivity contribution in [3.63, 3.8) is 0 Å². The van der Waals surface area contributed by atoms with Gasteiger partial charge in [0.2, 0.25) is 0 Å². The van der Waals surface area contributed by atoms with E-state index in [0.29, 0.717) is 23.1 Å². The molecule has 0 amide bonds. The molecule has 0 saturated heterocycles. The Labute approximate surface area is 149 Å². The lowest BCUT2D eigenvalue weighted by molar-refractivity contribution is 0.132. The lowest BCUT2D eigenvalue weighted by atomic mass is 10.2. The van der Waals surface area contributed by atoms with Crippen LogP contribution in [0.2, 0.25) is 5.02 Å². The minimum absolute atomic E-state index is 0.186. The van der Waals surface area contributed by atoms with Crippen molar-refractivity contribution in [2.75, 3.05) is 6.61 Å². The van der Waals surface area contributed by atoms with Crippen LogP contribution in [0.5, 0.6) is 5.75 Å². The molecule has 0 bridgehead atoms. The van der Waals surface area contributed by atoms with E-state index < -0.39 is 11.2 Å². The molecule has 0 spiro atoms. The van der Waals surface area contributed by atoms with E-state index in [-0.39, 0.29) is 12.2 Å². The number of unbranched alkanes of at least 4 members (excludes halogenated alkanes) is 1. The zero-order valence-corrected chi connectivity index (χ0v) is 14.9. The van der Waals surface area contributed by atoms with Crippen LogP contribution in [0, 0.1) is 6.92 Å². The molecule has 2 aromatic rings. The monoisotopic (exact) mass is 365 g/mol. The highest BCUT2D eigenvalue weighted by Crippen LogP contribution is 2.26. The number of halogens is 1. The Morgan fingerprint density at radius 2 is 2.08 bits per heavy atom.